The lowest BCUT2D eigenvalue weighted by Gasteiger charge is -2.09. The van der Waals surface area contributed by atoms with Crippen molar-refractivity contribution in [3.63, 3.8) is 0 Å². The number of anilines is 1. The summed E-state index contributed by atoms with van der Waals surface area (Å²) in [7, 11) is 1.41. The standard InChI is InChI=1S/C12H17NO2S/c1-8-6-10(4-5-11(8)13)16-7-9(2)12(14)15-3/h4-6,9H,7,13H2,1-3H3. The van der Waals surface area contributed by atoms with Crippen LogP contribution in [0, 0.1) is 12.8 Å². The molecule has 3 nitrogen and oxygen atoms in total. The predicted octanol–water partition coefficient (Wildman–Crippen LogP) is 2.48. The van der Waals surface area contributed by atoms with E-state index in [0.717, 1.165) is 21.9 Å². The summed E-state index contributed by atoms with van der Waals surface area (Å²) >= 11 is 1.64. The maximum atomic E-state index is 11.2. The highest BCUT2D eigenvalue weighted by atomic mass is 32.2. The summed E-state index contributed by atoms with van der Waals surface area (Å²) in [5.41, 5.74) is 7.59. The number of hydrogen-bond donors (Lipinski definition) is 1. The quantitative estimate of drug-likeness (QED) is 0.498. The molecule has 16 heavy (non-hydrogen) atoms. The Labute approximate surface area is 100 Å². The summed E-state index contributed by atoms with van der Waals surface area (Å²) in [6.07, 6.45) is 0. The van der Waals surface area contributed by atoms with E-state index in [4.69, 9.17) is 5.73 Å². The van der Waals surface area contributed by atoms with Crippen LogP contribution in [-0.2, 0) is 9.53 Å². The molecule has 0 aliphatic carbocycles. The molecular formula is C12H17NO2S. The SMILES string of the molecule is COC(=O)C(C)CSc1ccc(N)c(C)c1. The number of thioether (sulfide) groups is 1. The predicted molar refractivity (Wildman–Crippen MR) is 67.5 cm³/mol. The van der Waals surface area contributed by atoms with Crippen molar-refractivity contribution < 1.29 is 9.53 Å². The highest BCUT2D eigenvalue weighted by Crippen LogP contribution is 2.24. The Morgan fingerprint density at radius 2 is 2.25 bits per heavy atom. The van der Waals surface area contributed by atoms with Crippen molar-refractivity contribution in [3.05, 3.63) is 23.8 Å². The Morgan fingerprint density at radius 1 is 1.56 bits per heavy atom. The first-order valence-corrected chi connectivity index (χ1v) is 6.10. The molecule has 1 aromatic rings. The molecule has 0 fully saturated rings. The molecule has 0 spiro atoms. The van der Waals surface area contributed by atoms with E-state index in [0.29, 0.717) is 0 Å². The van der Waals surface area contributed by atoms with Gasteiger partial charge in [0.15, 0.2) is 0 Å². The molecule has 0 saturated carbocycles. The number of esters is 1. The van der Waals surface area contributed by atoms with E-state index in [-0.39, 0.29) is 11.9 Å². The Hall–Kier alpha value is -1.16. The van der Waals surface area contributed by atoms with Crippen LogP contribution >= 0.6 is 11.8 Å². The van der Waals surface area contributed by atoms with E-state index < -0.39 is 0 Å². The van der Waals surface area contributed by atoms with Gasteiger partial charge in [-0.25, -0.2) is 0 Å². The topological polar surface area (TPSA) is 52.3 Å². The molecule has 4 heteroatoms. The molecule has 1 aromatic carbocycles. The van der Waals surface area contributed by atoms with Gasteiger partial charge in [0.2, 0.25) is 0 Å². The largest absolute Gasteiger partial charge is 0.469 e. The van der Waals surface area contributed by atoms with Crippen LogP contribution in [0.1, 0.15) is 12.5 Å². The fourth-order valence-electron chi connectivity index (χ4n) is 1.23. The second kappa shape index (κ2) is 5.80. The van der Waals surface area contributed by atoms with E-state index in [1.165, 1.54) is 7.11 Å². The van der Waals surface area contributed by atoms with Crippen LogP contribution in [0.3, 0.4) is 0 Å². The van der Waals surface area contributed by atoms with Gasteiger partial charge < -0.3 is 10.5 Å². The van der Waals surface area contributed by atoms with Gasteiger partial charge in [-0.2, -0.15) is 0 Å². The van der Waals surface area contributed by atoms with Crippen molar-refractivity contribution in [1.29, 1.82) is 0 Å². The van der Waals surface area contributed by atoms with Gasteiger partial charge >= 0.3 is 5.97 Å². The molecule has 0 radical (unpaired) electrons. The molecule has 1 unspecified atom stereocenters. The van der Waals surface area contributed by atoms with Crippen molar-refractivity contribution in [1.82, 2.24) is 0 Å². The zero-order valence-corrected chi connectivity index (χ0v) is 10.6. The minimum atomic E-state index is -0.167. The number of carbonyl (C=O) groups excluding carboxylic acids is 1. The highest BCUT2D eigenvalue weighted by Gasteiger charge is 2.13. The van der Waals surface area contributed by atoms with Crippen molar-refractivity contribution in [2.24, 2.45) is 5.92 Å². The van der Waals surface area contributed by atoms with E-state index >= 15 is 0 Å². The molecule has 0 amide bonds. The van der Waals surface area contributed by atoms with Crippen molar-refractivity contribution >= 4 is 23.4 Å². The molecule has 0 aromatic heterocycles. The van der Waals surface area contributed by atoms with Crippen LogP contribution < -0.4 is 5.73 Å². The summed E-state index contributed by atoms with van der Waals surface area (Å²) in [6.45, 7) is 3.84. The average molecular weight is 239 g/mol. The lowest BCUT2D eigenvalue weighted by molar-refractivity contribution is -0.143. The Bertz CT molecular complexity index is 379. The third-order valence-corrected chi connectivity index (χ3v) is 3.60. The maximum Gasteiger partial charge on any atom is 0.309 e. The Balaban J connectivity index is 2.55. The van der Waals surface area contributed by atoms with E-state index in [1.807, 2.05) is 32.0 Å². The van der Waals surface area contributed by atoms with Crippen LogP contribution in [-0.4, -0.2) is 18.8 Å². The zero-order valence-electron chi connectivity index (χ0n) is 9.82. The van der Waals surface area contributed by atoms with E-state index in [1.54, 1.807) is 11.8 Å². The van der Waals surface area contributed by atoms with Crippen molar-refractivity contribution in [2.45, 2.75) is 18.7 Å². The molecule has 1 rings (SSSR count). The molecule has 0 aliphatic rings. The van der Waals surface area contributed by atoms with Crippen LogP contribution in [0.15, 0.2) is 23.1 Å². The van der Waals surface area contributed by atoms with Crippen molar-refractivity contribution in [3.8, 4) is 0 Å². The first kappa shape index (κ1) is 12.9. The highest BCUT2D eigenvalue weighted by molar-refractivity contribution is 7.99. The number of aryl methyl sites for hydroxylation is 1. The second-order valence-corrected chi connectivity index (χ2v) is 4.85. The minimum Gasteiger partial charge on any atom is -0.469 e. The number of nitrogen functional groups attached to an aromatic ring is 1. The van der Waals surface area contributed by atoms with Crippen LogP contribution in [0.4, 0.5) is 5.69 Å². The zero-order chi connectivity index (χ0) is 12.1. The summed E-state index contributed by atoms with van der Waals surface area (Å²) in [5, 5.41) is 0. The number of rotatable bonds is 4. The van der Waals surface area contributed by atoms with Gasteiger partial charge in [-0.15, -0.1) is 11.8 Å². The first-order valence-electron chi connectivity index (χ1n) is 5.11. The fourth-order valence-corrected chi connectivity index (χ4v) is 2.23. The maximum absolute atomic E-state index is 11.2. The fraction of sp³-hybridized carbons (Fsp3) is 0.417. The molecule has 1 atom stereocenters. The smallest absolute Gasteiger partial charge is 0.309 e. The van der Waals surface area contributed by atoms with Gasteiger partial charge in [0.25, 0.3) is 0 Å². The molecular weight excluding hydrogens is 222 g/mol. The first-order chi connectivity index (χ1) is 7.54. The molecule has 0 aliphatic heterocycles. The van der Waals surface area contributed by atoms with Crippen LogP contribution in [0.25, 0.3) is 0 Å². The number of nitrogens with two attached hydrogens (primary N) is 1. The number of benzene rings is 1. The summed E-state index contributed by atoms with van der Waals surface area (Å²) < 4.78 is 4.67. The third-order valence-electron chi connectivity index (χ3n) is 2.34. The molecule has 0 saturated heterocycles. The Morgan fingerprint density at radius 3 is 2.81 bits per heavy atom. The summed E-state index contributed by atoms with van der Waals surface area (Å²) in [6, 6.07) is 5.89. The van der Waals surface area contributed by atoms with Gasteiger partial charge in [0.1, 0.15) is 0 Å². The van der Waals surface area contributed by atoms with Crippen molar-refractivity contribution in [2.75, 3.05) is 18.6 Å². The normalized spacial score (nSPS) is 12.2. The van der Waals surface area contributed by atoms with E-state index in [2.05, 4.69) is 4.74 Å². The van der Waals surface area contributed by atoms with Crippen LogP contribution in [0.2, 0.25) is 0 Å². The van der Waals surface area contributed by atoms with Gasteiger partial charge in [-0.05, 0) is 30.7 Å². The summed E-state index contributed by atoms with van der Waals surface area (Å²) in [4.78, 5) is 12.3. The number of carbonyl (C=O) groups is 1. The molecule has 88 valence electrons. The molecule has 0 bridgehead atoms. The van der Waals surface area contributed by atoms with Gasteiger partial charge in [0.05, 0.1) is 13.0 Å². The van der Waals surface area contributed by atoms with E-state index in [9.17, 15) is 4.79 Å². The van der Waals surface area contributed by atoms with Gasteiger partial charge in [0, 0.05) is 16.3 Å². The number of hydrogen-bond acceptors (Lipinski definition) is 4. The van der Waals surface area contributed by atoms with Crippen LogP contribution in [0.5, 0.6) is 0 Å². The average Bonchev–Trinajstić information content (AvgIpc) is 2.29. The molecule has 0 heterocycles. The monoisotopic (exact) mass is 239 g/mol. The third kappa shape index (κ3) is 3.45. The lowest BCUT2D eigenvalue weighted by Crippen LogP contribution is -2.14. The summed E-state index contributed by atoms with van der Waals surface area (Å²) in [5.74, 6) is 0.461. The number of methoxy groups -OCH3 is 1. The lowest BCUT2D eigenvalue weighted by atomic mass is 10.2. The Kier molecular flexibility index (Phi) is 4.68. The molecule has 2 N–H and O–H groups in total. The second-order valence-electron chi connectivity index (χ2n) is 3.75. The minimum absolute atomic E-state index is 0.0899. The van der Waals surface area contributed by atoms with Gasteiger partial charge in [-0.1, -0.05) is 6.92 Å². The van der Waals surface area contributed by atoms with Gasteiger partial charge in [-0.3, -0.25) is 4.79 Å². The number of ether oxygens (including phenoxy) is 1.